The van der Waals surface area contributed by atoms with Crippen LogP contribution in [0.4, 0.5) is 0 Å². The lowest BCUT2D eigenvalue weighted by Gasteiger charge is -2.28. The van der Waals surface area contributed by atoms with Gasteiger partial charge in [-0.05, 0) is 74.0 Å². The number of rotatable bonds is 9. The van der Waals surface area contributed by atoms with Crippen molar-refractivity contribution in [1.29, 1.82) is 0 Å². The number of aromatic nitrogens is 2. The van der Waals surface area contributed by atoms with Crippen molar-refractivity contribution < 1.29 is 14.3 Å². The predicted molar refractivity (Wildman–Crippen MR) is 135 cm³/mol. The monoisotopic (exact) mass is 470 g/mol. The van der Waals surface area contributed by atoms with Crippen LogP contribution < -0.4 is 14.8 Å². The van der Waals surface area contributed by atoms with Crippen LogP contribution in [0.25, 0.3) is 5.65 Å². The van der Waals surface area contributed by atoms with Gasteiger partial charge in [0, 0.05) is 24.5 Å². The van der Waals surface area contributed by atoms with Gasteiger partial charge >= 0.3 is 0 Å². The second-order valence-electron chi connectivity index (χ2n) is 8.76. The number of methoxy groups -OCH3 is 1. The van der Waals surface area contributed by atoms with E-state index in [1.165, 1.54) is 12.8 Å². The molecule has 0 aliphatic carbocycles. The summed E-state index contributed by atoms with van der Waals surface area (Å²) >= 11 is 0. The maximum Gasteiger partial charge on any atom is 0.251 e. The van der Waals surface area contributed by atoms with Gasteiger partial charge in [-0.1, -0.05) is 24.3 Å². The van der Waals surface area contributed by atoms with E-state index >= 15 is 0 Å². The van der Waals surface area contributed by atoms with E-state index < -0.39 is 0 Å². The molecule has 5 rings (SSSR count). The Morgan fingerprint density at radius 2 is 1.86 bits per heavy atom. The molecule has 0 bridgehead atoms. The fourth-order valence-electron chi connectivity index (χ4n) is 4.59. The van der Waals surface area contributed by atoms with Crippen LogP contribution in [0.5, 0.6) is 11.5 Å². The molecule has 180 valence electrons. The van der Waals surface area contributed by atoms with Crippen LogP contribution in [0.3, 0.4) is 0 Å². The Kier molecular flexibility index (Phi) is 6.95. The Balaban J connectivity index is 1.24. The summed E-state index contributed by atoms with van der Waals surface area (Å²) in [5.74, 6) is 1.35. The molecule has 4 aromatic rings. The van der Waals surface area contributed by atoms with Crippen LogP contribution in [-0.2, 0) is 6.61 Å². The molecule has 0 spiro atoms. The molecule has 0 saturated carbocycles. The molecule has 1 N–H and O–H groups in total. The van der Waals surface area contributed by atoms with Crippen molar-refractivity contribution >= 4 is 11.6 Å². The maximum absolute atomic E-state index is 13.0. The lowest BCUT2D eigenvalue weighted by atomic mass is 10.0. The third-order valence-corrected chi connectivity index (χ3v) is 6.41. The number of nitrogens with one attached hydrogen (secondary N) is 1. The molecule has 35 heavy (non-hydrogen) atoms. The number of ether oxygens (including phenoxy) is 2. The molecule has 2 aromatic heterocycles. The number of pyridine rings is 1. The topological polar surface area (TPSA) is 68.1 Å². The summed E-state index contributed by atoms with van der Waals surface area (Å²) in [7, 11) is 1.68. The Morgan fingerprint density at radius 1 is 1.03 bits per heavy atom. The summed E-state index contributed by atoms with van der Waals surface area (Å²) in [4.78, 5) is 20.0. The van der Waals surface area contributed by atoms with E-state index in [1.807, 2.05) is 65.3 Å². The van der Waals surface area contributed by atoms with Crippen LogP contribution in [0.2, 0.25) is 0 Å². The highest BCUT2D eigenvalue weighted by molar-refractivity contribution is 5.94. The molecule has 7 nitrogen and oxygen atoms in total. The Bertz CT molecular complexity index is 1260. The molecule has 3 heterocycles. The highest BCUT2D eigenvalue weighted by Crippen LogP contribution is 2.27. The molecule has 1 unspecified atom stereocenters. The van der Waals surface area contributed by atoms with Crippen molar-refractivity contribution in [3.8, 4) is 11.5 Å². The molecule has 1 saturated heterocycles. The average molecular weight is 471 g/mol. The van der Waals surface area contributed by atoms with Gasteiger partial charge in [0.2, 0.25) is 0 Å². The molecule has 1 fully saturated rings. The van der Waals surface area contributed by atoms with Gasteiger partial charge in [-0.3, -0.25) is 9.69 Å². The van der Waals surface area contributed by atoms with Crippen molar-refractivity contribution in [2.45, 2.75) is 25.5 Å². The molecule has 7 heteroatoms. The number of hydrogen-bond acceptors (Lipinski definition) is 5. The number of fused-ring (bicyclic) bond motifs is 1. The Hall–Kier alpha value is -3.84. The van der Waals surface area contributed by atoms with Crippen molar-refractivity contribution in [2.24, 2.45) is 0 Å². The molecule has 1 aliphatic heterocycles. The van der Waals surface area contributed by atoms with Crippen LogP contribution >= 0.6 is 0 Å². The van der Waals surface area contributed by atoms with Gasteiger partial charge in [0.05, 0.1) is 18.8 Å². The second-order valence-corrected chi connectivity index (χ2v) is 8.76. The average Bonchev–Trinajstić information content (AvgIpc) is 3.58. The number of carbonyl (C=O) groups excluding carboxylic acids is 1. The second kappa shape index (κ2) is 10.6. The molecule has 2 aromatic carbocycles. The first-order valence-electron chi connectivity index (χ1n) is 12.0. The number of amides is 1. The summed E-state index contributed by atoms with van der Waals surface area (Å²) in [6.45, 7) is 2.92. The quantitative estimate of drug-likeness (QED) is 0.390. The molecular formula is C28H30N4O3. The number of nitrogens with zero attached hydrogens (tertiary/aromatic N) is 3. The van der Waals surface area contributed by atoms with Crippen LogP contribution in [0, 0.1) is 0 Å². The minimum absolute atomic E-state index is 0.103. The number of hydrogen-bond donors (Lipinski definition) is 1. The van der Waals surface area contributed by atoms with Gasteiger partial charge in [-0.25, -0.2) is 4.98 Å². The van der Waals surface area contributed by atoms with E-state index in [-0.39, 0.29) is 11.9 Å². The standard InChI is InChI=1S/C28H30N4O3/c1-34-24-10-6-8-21(16-24)26(31-13-4-5-14-31)18-29-28(33)22-9-7-11-25(17-22)35-20-23-19-32-15-3-2-12-27(32)30-23/h2-3,6-12,15-17,19,26H,4-5,13-14,18,20H2,1H3,(H,29,33). The summed E-state index contributed by atoms with van der Waals surface area (Å²) < 4.78 is 13.3. The zero-order valence-electron chi connectivity index (χ0n) is 19.9. The van der Waals surface area contributed by atoms with E-state index in [0.29, 0.717) is 24.5 Å². The van der Waals surface area contributed by atoms with Gasteiger partial charge in [0.1, 0.15) is 23.8 Å². The van der Waals surface area contributed by atoms with Crippen molar-refractivity contribution in [3.05, 3.63) is 95.9 Å². The first kappa shape index (κ1) is 22.9. The number of likely N-dealkylation sites (tertiary alicyclic amines) is 1. The van der Waals surface area contributed by atoms with Crippen molar-refractivity contribution in [3.63, 3.8) is 0 Å². The van der Waals surface area contributed by atoms with E-state index in [0.717, 1.165) is 35.7 Å². The maximum atomic E-state index is 13.0. The van der Waals surface area contributed by atoms with E-state index in [1.54, 1.807) is 13.2 Å². The van der Waals surface area contributed by atoms with Gasteiger partial charge in [-0.15, -0.1) is 0 Å². The fourth-order valence-corrected chi connectivity index (χ4v) is 4.59. The third-order valence-electron chi connectivity index (χ3n) is 6.41. The minimum Gasteiger partial charge on any atom is -0.497 e. The fraction of sp³-hybridized carbons (Fsp3) is 0.286. The van der Waals surface area contributed by atoms with Crippen molar-refractivity contribution in [2.75, 3.05) is 26.7 Å². The summed E-state index contributed by atoms with van der Waals surface area (Å²) in [6.07, 6.45) is 6.26. The van der Waals surface area contributed by atoms with E-state index in [2.05, 4.69) is 27.3 Å². The summed E-state index contributed by atoms with van der Waals surface area (Å²) in [5.41, 5.74) is 3.43. The van der Waals surface area contributed by atoms with Gasteiger partial charge < -0.3 is 19.2 Å². The van der Waals surface area contributed by atoms with Crippen LogP contribution in [0.15, 0.2) is 79.1 Å². The normalized spacial score (nSPS) is 14.7. The lowest BCUT2D eigenvalue weighted by molar-refractivity contribution is 0.0937. The van der Waals surface area contributed by atoms with Crippen molar-refractivity contribution in [1.82, 2.24) is 19.6 Å². The van der Waals surface area contributed by atoms with Crippen LogP contribution in [0.1, 0.15) is 40.5 Å². The SMILES string of the molecule is COc1cccc(C(CNC(=O)c2cccc(OCc3cn4ccccc4n3)c2)N2CCCC2)c1. The highest BCUT2D eigenvalue weighted by atomic mass is 16.5. The molecule has 1 atom stereocenters. The van der Waals surface area contributed by atoms with Gasteiger partial charge in [0.25, 0.3) is 5.91 Å². The number of benzene rings is 2. The first-order valence-corrected chi connectivity index (χ1v) is 12.0. The molecule has 1 aliphatic rings. The smallest absolute Gasteiger partial charge is 0.251 e. The predicted octanol–water partition coefficient (Wildman–Crippen LogP) is 4.49. The third kappa shape index (κ3) is 5.46. The number of imidazole rings is 1. The van der Waals surface area contributed by atoms with E-state index in [9.17, 15) is 4.79 Å². The largest absolute Gasteiger partial charge is 0.497 e. The molecule has 1 amide bonds. The van der Waals surface area contributed by atoms with Gasteiger partial charge in [-0.2, -0.15) is 0 Å². The summed E-state index contributed by atoms with van der Waals surface area (Å²) in [5, 5.41) is 3.14. The number of carbonyl (C=O) groups is 1. The summed E-state index contributed by atoms with van der Waals surface area (Å²) in [6, 6.07) is 21.4. The highest BCUT2D eigenvalue weighted by Gasteiger charge is 2.24. The van der Waals surface area contributed by atoms with Crippen LogP contribution in [-0.4, -0.2) is 46.9 Å². The zero-order chi connectivity index (χ0) is 24.0. The first-order chi connectivity index (χ1) is 17.2. The zero-order valence-corrected chi connectivity index (χ0v) is 19.9. The molecular weight excluding hydrogens is 440 g/mol. The van der Waals surface area contributed by atoms with Gasteiger partial charge in [0.15, 0.2) is 0 Å². The van der Waals surface area contributed by atoms with E-state index in [4.69, 9.17) is 9.47 Å². The Labute approximate surface area is 205 Å². The Morgan fingerprint density at radius 3 is 2.69 bits per heavy atom. The molecule has 0 radical (unpaired) electrons. The minimum atomic E-state index is -0.115. The lowest BCUT2D eigenvalue weighted by Crippen LogP contribution is -2.36.